The van der Waals surface area contributed by atoms with Crippen molar-refractivity contribution in [1.29, 1.82) is 0 Å². The third kappa shape index (κ3) is 4.15. The summed E-state index contributed by atoms with van der Waals surface area (Å²) in [7, 11) is 3.07. The van der Waals surface area contributed by atoms with Gasteiger partial charge in [-0.3, -0.25) is 14.9 Å². The molecular weight excluding hydrogens is 412 g/mol. The Labute approximate surface area is 184 Å². The van der Waals surface area contributed by atoms with E-state index in [2.05, 4.69) is 0 Å². The molecule has 0 spiro atoms. The average molecular weight is 433 g/mol. The van der Waals surface area contributed by atoms with Crippen molar-refractivity contribution in [3.8, 4) is 11.5 Å². The second kappa shape index (κ2) is 8.89. The lowest BCUT2D eigenvalue weighted by atomic mass is 9.98. The van der Waals surface area contributed by atoms with Crippen molar-refractivity contribution >= 4 is 17.5 Å². The predicted octanol–water partition coefficient (Wildman–Crippen LogP) is 3.70. The molecule has 0 bridgehead atoms. The number of fused-ring (bicyclic) bond motifs is 1. The molecule has 2 heterocycles. The maximum Gasteiger partial charge on any atom is 0.269 e. The number of benzene rings is 2. The predicted molar refractivity (Wildman–Crippen MR) is 115 cm³/mol. The highest BCUT2D eigenvalue weighted by Gasteiger charge is 2.28. The van der Waals surface area contributed by atoms with E-state index in [0.29, 0.717) is 29.2 Å². The Balaban J connectivity index is 1.53. The maximum atomic E-state index is 12.9. The van der Waals surface area contributed by atoms with E-state index in [9.17, 15) is 14.9 Å². The molecule has 0 unspecified atom stereocenters. The van der Waals surface area contributed by atoms with Crippen LogP contribution in [-0.4, -0.2) is 24.9 Å². The molecule has 3 aromatic rings. The van der Waals surface area contributed by atoms with E-state index in [1.165, 1.54) is 13.2 Å². The average Bonchev–Trinajstić information content (AvgIpc) is 2.81. The van der Waals surface area contributed by atoms with Gasteiger partial charge in [0.05, 0.1) is 19.1 Å². The van der Waals surface area contributed by atoms with E-state index in [4.69, 9.17) is 14.2 Å². The van der Waals surface area contributed by atoms with Crippen molar-refractivity contribution in [1.82, 2.24) is 0 Å². The molecule has 2 aromatic carbocycles. The van der Waals surface area contributed by atoms with Gasteiger partial charge in [0, 0.05) is 41.0 Å². The summed E-state index contributed by atoms with van der Waals surface area (Å²) in [5, 5.41) is 11.0. The first-order valence-electron chi connectivity index (χ1n) is 9.85. The minimum atomic E-state index is -0.408. The summed E-state index contributed by atoms with van der Waals surface area (Å²) in [6.45, 7) is 0.690. The van der Waals surface area contributed by atoms with Gasteiger partial charge in [-0.05, 0) is 23.8 Å². The quantitative estimate of drug-likeness (QED) is 0.255. The van der Waals surface area contributed by atoms with Crippen LogP contribution in [0.5, 0.6) is 11.5 Å². The van der Waals surface area contributed by atoms with Gasteiger partial charge in [-0.2, -0.15) is 0 Å². The van der Waals surface area contributed by atoms with Crippen LogP contribution in [0, 0.1) is 10.1 Å². The van der Waals surface area contributed by atoms with Gasteiger partial charge in [0.2, 0.25) is 5.78 Å². The van der Waals surface area contributed by atoms with E-state index < -0.39 is 4.92 Å². The number of hydrogen-bond acceptors (Lipinski definition) is 6. The standard InChI is InChI=1S/C24H21N2O6/c1-30-21-7-6-19-20(24(21)31-2)15-32-22(23(19)27)13-16-8-10-25(11-9-16)14-17-4-3-5-18(12-17)26(28)29/h3-13H,14-15H2,1-2H3/q+1/b22-13-. The van der Waals surface area contributed by atoms with Crippen molar-refractivity contribution in [2.75, 3.05) is 14.2 Å². The summed E-state index contributed by atoms with van der Waals surface area (Å²) in [5.74, 6) is 1.08. The fourth-order valence-electron chi connectivity index (χ4n) is 3.60. The van der Waals surface area contributed by atoms with Crippen LogP contribution in [0.1, 0.15) is 27.0 Å². The number of non-ortho nitro benzene ring substituents is 1. The first-order chi connectivity index (χ1) is 15.5. The third-order valence-corrected chi connectivity index (χ3v) is 5.19. The van der Waals surface area contributed by atoms with Gasteiger partial charge in [0.15, 0.2) is 36.2 Å². The molecule has 0 fully saturated rings. The third-order valence-electron chi connectivity index (χ3n) is 5.19. The van der Waals surface area contributed by atoms with Gasteiger partial charge in [-0.1, -0.05) is 12.1 Å². The number of nitro benzene ring substituents is 1. The number of rotatable bonds is 6. The lowest BCUT2D eigenvalue weighted by molar-refractivity contribution is -0.688. The summed E-state index contributed by atoms with van der Waals surface area (Å²) in [5.41, 5.74) is 2.87. The summed E-state index contributed by atoms with van der Waals surface area (Å²) in [6.07, 6.45) is 5.39. The highest BCUT2D eigenvalue weighted by atomic mass is 16.6. The number of pyridine rings is 1. The molecule has 1 aliphatic rings. The van der Waals surface area contributed by atoms with Gasteiger partial charge >= 0.3 is 0 Å². The van der Waals surface area contributed by atoms with Gasteiger partial charge in [-0.15, -0.1) is 0 Å². The molecule has 1 aromatic heterocycles. The SMILES string of the molecule is COc1ccc2c(c1OC)CO/C(=C\c1cc[n+](Cc3cccc([N+](=O)[O-])c3)cc1)C2=O. The second-order valence-electron chi connectivity index (χ2n) is 7.18. The van der Waals surface area contributed by atoms with Crippen molar-refractivity contribution < 1.29 is 28.5 Å². The second-order valence-corrected chi connectivity index (χ2v) is 7.18. The van der Waals surface area contributed by atoms with Crippen LogP contribution >= 0.6 is 0 Å². The number of aromatic nitrogens is 1. The van der Waals surface area contributed by atoms with Crippen LogP contribution in [0.4, 0.5) is 5.69 Å². The number of methoxy groups -OCH3 is 2. The normalized spacial score (nSPS) is 13.9. The van der Waals surface area contributed by atoms with E-state index >= 15 is 0 Å². The number of ether oxygens (including phenoxy) is 3. The summed E-state index contributed by atoms with van der Waals surface area (Å²) in [4.78, 5) is 23.5. The minimum Gasteiger partial charge on any atom is -0.493 e. The highest BCUT2D eigenvalue weighted by Crippen LogP contribution is 2.37. The molecular formula is C24H21N2O6+. The summed E-state index contributed by atoms with van der Waals surface area (Å²) < 4.78 is 18.3. The van der Waals surface area contributed by atoms with Gasteiger partial charge in [0.1, 0.15) is 6.61 Å². The first kappa shape index (κ1) is 21.0. The van der Waals surface area contributed by atoms with E-state index in [-0.39, 0.29) is 23.8 Å². The summed E-state index contributed by atoms with van der Waals surface area (Å²) >= 11 is 0. The highest BCUT2D eigenvalue weighted by molar-refractivity contribution is 6.12. The molecule has 0 saturated heterocycles. The smallest absolute Gasteiger partial charge is 0.269 e. The van der Waals surface area contributed by atoms with Crippen LogP contribution < -0.4 is 14.0 Å². The molecule has 0 aliphatic carbocycles. The van der Waals surface area contributed by atoms with Crippen LogP contribution in [0.3, 0.4) is 0 Å². The number of carbonyl (C=O) groups excluding carboxylic acids is 1. The van der Waals surface area contributed by atoms with Crippen LogP contribution in [0.15, 0.2) is 66.7 Å². The molecule has 162 valence electrons. The molecule has 32 heavy (non-hydrogen) atoms. The van der Waals surface area contributed by atoms with Crippen molar-refractivity contribution in [2.24, 2.45) is 0 Å². The molecule has 8 nitrogen and oxygen atoms in total. The van der Waals surface area contributed by atoms with Crippen molar-refractivity contribution in [3.63, 3.8) is 0 Å². The minimum absolute atomic E-state index is 0.0620. The number of nitrogens with zero attached hydrogens (tertiary/aromatic N) is 2. The molecule has 0 radical (unpaired) electrons. The Kier molecular flexibility index (Phi) is 5.85. The van der Waals surface area contributed by atoms with Crippen LogP contribution in [-0.2, 0) is 17.9 Å². The molecule has 1 aliphatic heterocycles. The Morgan fingerprint density at radius 1 is 1.12 bits per heavy atom. The molecule has 0 N–H and O–H groups in total. The molecule has 0 amide bonds. The zero-order valence-corrected chi connectivity index (χ0v) is 17.6. The molecule has 0 atom stereocenters. The zero-order chi connectivity index (χ0) is 22.7. The molecule has 4 rings (SSSR count). The van der Waals surface area contributed by atoms with Crippen LogP contribution in [0.2, 0.25) is 0 Å². The fraction of sp³-hybridized carbons (Fsp3) is 0.167. The Morgan fingerprint density at radius 3 is 2.59 bits per heavy atom. The van der Waals surface area contributed by atoms with Crippen LogP contribution in [0.25, 0.3) is 6.08 Å². The summed E-state index contributed by atoms with van der Waals surface area (Å²) in [6, 6.07) is 13.7. The van der Waals surface area contributed by atoms with E-state index in [0.717, 1.165) is 11.1 Å². The lowest BCUT2D eigenvalue weighted by Crippen LogP contribution is -2.33. The van der Waals surface area contributed by atoms with Gasteiger partial charge in [0.25, 0.3) is 5.69 Å². The van der Waals surface area contributed by atoms with E-state index in [1.54, 1.807) is 37.5 Å². The number of allylic oxidation sites excluding steroid dienone is 1. The number of carbonyl (C=O) groups is 1. The van der Waals surface area contributed by atoms with Crippen molar-refractivity contribution in [2.45, 2.75) is 13.2 Å². The number of ketones is 1. The Morgan fingerprint density at radius 2 is 1.91 bits per heavy atom. The maximum absolute atomic E-state index is 12.9. The monoisotopic (exact) mass is 433 g/mol. The zero-order valence-electron chi connectivity index (χ0n) is 17.6. The Bertz CT molecular complexity index is 1220. The number of hydrogen-bond donors (Lipinski definition) is 0. The Hall–Kier alpha value is -4.20. The van der Waals surface area contributed by atoms with Gasteiger partial charge in [-0.25, -0.2) is 4.57 Å². The topological polar surface area (TPSA) is 91.8 Å². The van der Waals surface area contributed by atoms with Gasteiger partial charge < -0.3 is 14.2 Å². The molecule has 0 saturated carbocycles. The largest absolute Gasteiger partial charge is 0.493 e. The number of nitro groups is 1. The van der Waals surface area contributed by atoms with Crippen molar-refractivity contribution in [3.05, 3.63) is 99.1 Å². The first-order valence-corrected chi connectivity index (χ1v) is 9.85. The lowest BCUT2D eigenvalue weighted by Gasteiger charge is -2.22. The fourth-order valence-corrected chi connectivity index (χ4v) is 3.60. The molecule has 8 heteroatoms. The number of Topliss-reactive ketones (excluding diaryl/α,β-unsaturated/α-hetero) is 1. The van der Waals surface area contributed by atoms with E-state index in [1.807, 2.05) is 35.2 Å².